The molecule has 19 heavy (non-hydrogen) atoms. The number of ketones is 1. The molecule has 0 fully saturated rings. The fourth-order valence-electron chi connectivity index (χ4n) is 1.63. The maximum Gasteiger partial charge on any atom is 0.193 e. The predicted molar refractivity (Wildman–Crippen MR) is 82.7 cm³/mol. The van der Waals surface area contributed by atoms with Gasteiger partial charge < -0.3 is 9.53 Å². The second-order valence-corrected chi connectivity index (χ2v) is 11.8. The molecular weight excluding hydrogens is 256 g/mol. The summed E-state index contributed by atoms with van der Waals surface area (Å²) in [6.45, 7) is 19.6. The van der Waals surface area contributed by atoms with Crippen LogP contribution in [0, 0.1) is 5.92 Å². The minimum atomic E-state index is -1.96. The Morgan fingerprint density at radius 1 is 1.26 bits per heavy atom. The molecule has 0 aliphatic carbocycles. The van der Waals surface area contributed by atoms with E-state index in [0.717, 1.165) is 0 Å². The zero-order valence-corrected chi connectivity index (χ0v) is 14.7. The fourth-order valence-corrected chi connectivity index (χ4v) is 2.98. The lowest BCUT2D eigenvalue weighted by molar-refractivity contribution is -0.131. The molecule has 3 atom stereocenters. The van der Waals surface area contributed by atoms with Crippen molar-refractivity contribution < 1.29 is 14.3 Å². The zero-order chi connectivity index (χ0) is 15.6. The van der Waals surface area contributed by atoms with Crippen molar-refractivity contribution >= 4 is 14.1 Å². The first kappa shape index (κ1) is 18.5. The van der Waals surface area contributed by atoms with E-state index in [0.29, 0.717) is 5.57 Å². The number of rotatable bonds is 6. The maximum absolute atomic E-state index is 12.3. The molecular formula is C15H30O3Si. The molecule has 0 heterocycles. The molecule has 0 unspecified atom stereocenters. The average Bonchev–Trinajstić information content (AvgIpc) is 2.23. The van der Waals surface area contributed by atoms with Crippen molar-refractivity contribution in [2.45, 2.75) is 71.9 Å². The van der Waals surface area contributed by atoms with Crippen molar-refractivity contribution in [1.29, 1.82) is 0 Å². The van der Waals surface area contributed by atoms with Crippen molar-refractivity contribution in [3.05, 3.63) is 12.2 Å². The SMILES string of the molecule is C=C(C)[C@@H](O)[C@@H](C)C(=O)[C@H](C)O[Si](C)(C)C(C)(C)C. The molecule has 0 rings (SSSR count). The highest BCUT2D eigenvalue weighted by molar-refractivity contribution is 6.74. The van der Waals surface area contributed by atoms with Gasteiger partial charge in [-0.25, -0.2) is 0 Å². The minimum Gasteiger partial charge on any atom is -0.407 e. The van der Waals surface area contributed by atoms with Gasteiger partial charge in [0.1, 0.15) is 6.10 Å². The van der Waals surface area contributed by atoms with E-state index in [1.807, 2.05) is 0 Å². The first-order chi connectivity index (χ1) is 8.31. The number of hydrogen-bond donors (Lipinski definition) is 1. The van der Waals surface area contributed by atoms with Gasteiger partial charge in [0.2, 0.25) is 0 Å². The lowest BCUT2D eigenvalue weighted by Crippen LogP contribution is -2.47. The highest BCUT2D eigenvalue weighted by atomic mass is 28.4. The summed E-state index contributed by atoms with van der Waals surface area (Å²) >= 11 is 0. The topological polar surface area (TPSA) is 46.5 Å². The van der Waals surface area contributed by atoms with Gasteiger partial charge in [0.25, 0.3) is 0 Å². The highest BCUT2D eigenvalue weighted by Crippen LogP contribution is 2.37. The first-order valence-electron chi connectivity index (χ1n) is 6.86. The van der Waals surface area contributed by atoms with Crippen LogP contribution in [0.3, 0.4) is 0 Å². The van der Waals surface area contributed by atoms with Crippen LogP contribution in [0.25, 0.3) is 0 Å². The Bertz CT molecular complexity index is 342. The van der Waals surface area contributed by atoms with Crippen LogP contribution in [0.5, 0.6) is 0 Å². The van der Waals surface area contributed by atoms with Gasteiger partial charge in [-0.15, -0.1) is 0 Å². The summed E-state index contributed by atoms with van der Waals surface area (Å²) in [5.41, 5.74) is 0.611. The molecule has 4 heteroatoms. The van der Waals surface area contributed by atoms with Crippen molar-refractivity contribution in [2.24, 2.45) is 5.92 Å². The maximum atomic E-state index is 12.3. The smallest absolute Gasteiger partial charge is 0.193 e. The summed E-state index contributed by atoms with van der Waals surface area (Å²) in [6, 6.07) is 0. The lowest BCUT2D eigenvalue weighted by Gasteiger charge is -2.38. The molecule has 0 aliphatic heterocycles. The Morgan fingerprint density at radius 3 is 2.00 bits per heavy atom. The van der Waals surface area contributed by atoms with Crippen LogP contribution in [0.2, 0.25) is 18.1 Å². The van der Waals surface area contributed by atoms with Gasteiger partial charge in [0.15, 0.2) is 14.1 Å². The summed E-state index contributed by atoms with van der Waals surface area (Å²) < 4.78 is 6.06. The number of hydrogen-bond acceptors (Lipinski definition) is 3. The van der Waals surface area contributed by atoms with Gasteiger partial charge in [-0.3, -0.25) is 4.79 Å². The van der Waals surface area contributed by atoms with Crippen molar-refractivity contribution in [3.8, 4) is 0 Å². The monoisotopic (exact) mass is 286 g/mol. The number of aliphatic hydroxyl groups excluding tert-OH is 1. The summed E-state index contributed by atoms with van der Waals surface area (Å²) in [5.74, 6) is -0.530. The molecule has 0 saturated heterocycles. The van der Waals surface area contributed by atoms with Crippen LogP contribution in [-0.4, -0.2) is 31.4 Å². The number of Topliss-reactive ketones (excluding diaryl/α,β-unsaturated/α-hetero) is 1. The van der Waals surface area contributed by atoms with Gasteiger partial charge >= 0.3 is 0 Å². The van der Waals surface area contributed by atoms with E-state index in [4.69, 9.17) is 4.43 Å². The standard InChI is InChI=1S/C15H30O3Si/c1-10(2)13(16)11(3)14(17)12(4)18-19(8,9)15(5,6)7/h11-13,16H,1H2,2-9H3/t11-,12+,13-/m1/s1. The summed E-state index contributed by atoms with van der Waals surface area (Å²) in [6.07, 6.45) is -1.28. The Morgan fingerprint density at radius 2 is 1.68 bits per heavy atom. The molecule has 0 aromatic rings. The predicted octanol–water partition coefficient (Wildman–Crippen LogP) is 3.54. The molecule has 0 radical (unpaired) electrons. The second kappa shape index (κ2) is 6.33. The van der Waals surface area contributed by atoms with E-state index in [9.17, 15) is 9.90 Å². The molecule has 3 nitrogen and oxygen atoms in total. The van der Waals surface area contributed by atoms with Gasteiger partial charge in [-0.2, -0.15) is 0 Å². The van der Waals surface area contributed by atoms with Crippen LogP contribution in [0.4, 0.5) is 0 Å². The number of aliphatic hydroxyl groups is 1. The second-order valence-electron chi connectivity index (χ2n) is 7.00. The van der Waals surface area contributed by atoms with Crippen molar-refractivity contribution in [1.82, 2.24) is 0 Å². The van der Waals surface area contributed by atoms with Crippen LogP contribution >= 0.6 is 0 Å². The number of carbonyl (C=O) groups is 1. The van der Waals surface area contributed by atoms with E-state index in [-0.39, 0.29) is 10.8 Å². The molecule has 0 saturated carbocycles. The summed E-state index contributed by atoms with van der Waals surface area (Å²) in [7, 11) is -1.96. The summed E-state index contributed by atoms with van der Waals surface area (Å²) in [4.78, 5) is 12.3. The Balaban J connectivity index is 4.81. The van der Waals surface area contributed by atoms with E-state index in [2.05, 4.69) is 40.4 Å². The Labute approximate surface area is 119 Å². The van der Waals surface area contributed by atoms with Gasteiger partial charge in [-0.05, 0) is 32.0 Å². The number of carbonyl (C=O) groups excluding carboxylic acids is 1. The van der Waals surface area contributed by atoms with E-state index >= 15 is 0 Å². The molecule has 112 valence electrons. The third-order valence-electron chi connectivity index (χ3n) is 4.11. The molecule has 0 spiro atoms. The van der Waals surface area contributed by atoms with E-state index in [1.54, 1.807) is 20.8 Å². The third-order valence-corrected chi connectivity index (χ3v) is 8.66. The van der Waals surface area contributed by atoms with Crippen LogP contribution in [0.1, 0.15) is 41.5 Å². The van der Waals surface area contributed by atoms with Gasteiger partial charge in [-0.1, -0.05) is 39.8 Å². The third kappa shape index (κ3) is 4.86. The van der Waals surface area contributed by atoms with Crippen molar-refractivity contribution in [3.63, 3.8) is 0 Å². The molecule has 0 bridgehead atoms. The lowest BCUT2D eigenvalue weighted by atomic mass is 9.93. The van der Waals surface area contributed by atoms with Crippen LogP contribution in [0.15, 0.2) is 12.2 Å². The van der Waals surface area contributed by atoms with Crippen LogP contribution < -0.4 is 0 Å². The van der Waals surface area contributed by atoms with Crippen molar-refractivity contribution in [2.75, 3.05) is 0 Å². The average molecular weight is 286 g/mol. The fraction of sp³-hybridized carbons (Fsp3) is 0.800. The summed E-state index contributed by atoms with van der Waals surface area (Å²) in [5, 5.41) is 9.98. The molecule has 0 amide bonds. The zero-order valence-electron chi connectivity index (χ0n) is 13.7. The Kier molecular flexibility index (Phi) is 6.18. The Hall–Kier alpha value is -0.453. The van der Waals surface area contributed by atoms with Crippen LogP contribution in [-0.2, 0) is 9.22 Å². The van der Waals surface area contributed by atoms with Gasteiger partial charge in [0, 0.05) is 5.92 Å². The molecule has 0 aromatic carbocycles. The highest BCUT2D eigenvalue weighted by Gasteiger charge is 2.40. The largest absolute Gasteiger partial charge is 0.407 e. The quantitative estimate of drug-likeness (QED) is 0.600. The minimum absolute atomic E-state index is 0.0553. The van der Waals surface area contributed by atoms with E-state index in [1.165, 1.54) is 0 Å². The normalized spacial score (nSPS) is 17.7. The molecule has 0 aromatic heterocycles. The molecule has 0 aliphatic rings. The van der Waals surface area contributed by atoms with Gasteiger partial charge in [0.05, 0.1) is 6.10 Å². The molecule has 1 N–H and O–H groups in total. The van der Waals surface area contributed by atoms with E-state index < -0.39 is 26.4 Å². The first-order valence-corrected chi connectivity index (χ1v) is 9.77.